The van der Waals surface area contributed by atoms with Crippen LogP contribution in [0.25, 0.3) is 5.57 Å². The molecule has 28 heavy (non-hydrogen) atoms. The number of allylic oxidation sites excluding steroid dienone is 1. The van der Waals surface area contributed by atoms with Crippen molar-refractivity contribution in [3.63, 3.8) is 0 Å². The highest BCUT2D eigenvalue weighted by Crippen LogP contribution is 2.47. The van der Waals surface area contributed by atoms with Crippen molar-refractivity contribution in [2.45, 2.75) is 19.9 Å². The first-order valence-electron chi connectivity index (χ1n) is 8.57. The molecule has 1 aromatic carbocycles. The summed E-state index contributed by atoms with van der Waals surface area (Å²) in [5.74, 6) is 0.137. The Morgan fingerprint density at radius 1 is 1.18 bits per heavy atom. The van der Waals surface area contributed by atoms with Crippen molar-refractivity contribution in [1.29, 1.82) is 0 Å². The van der Waals surface area contributed by atoms with Crippen LogP contribution in [0.1, 0.15) is 23.7 Å². The summed E-state index contributed by atoms with van der Waals surface area (Å²) < 4.78 is 23.7. The molecule has 1 aliphatic rings. The molecule has 2 heterocycles. The van der Waals surface area contributed by atoms with E-state index in [-0.39, 0.29) is 5.91 Å². The molecule has 0 spiro atoms. The Kier molecular flexibility index (Phi) is 6.10. The van der Waals surface area contributed by atoms with E-state index in [1.165, 1.54) is 32.4 Å². The average molecular weight is 425 g/mol. The third-order valence-electron chi connectivity index (χ3n) is 4.67. The van der Waals surface area contributed by atoms with Gasteiger partial charge in [-0.25, -0.2) is 4.39 Å². The molecule has 0 radical (unpaired) electrons. The van der Waals surface area contributed by atoms with Crippen molar-refractivity contribution in [2.75, 3.05) is 20.8 Å². The van der Waals surface area contributed by atoms with Crippen LogP contribution in [0.3, 0.4) is 0 Å². The number of carbonyl (C=O) groups excluding carboxylic acids is 1. The number of methoxy groups -OCH3 is 2. The number of rotatable bonds is 4. The lowest BCUT2D eigenvalue weighted by Gasteiger charge is -2.31. The van der Waals surface area contributed by atoms with E-state index in [1.54, 1.807) is 11.8 Å². The molecule has 0 N–H and O–H groups in total. The number of aromatic nitrogens is 1. The molecule has 5 nitrogen and oxygen atoms in total. The van der Waals surface area contributed by atoms with Crippen molar-refractivity contribution >= 4 is 34.7 Å². The van der Waals surface area contributed by atoms with E-state index >= 15 is 0 Å². The first-order chi connectivity index (χ1) is 13.4. The number of hydrogen-bond donors (Lipinski definition) is 0. The summed E-state index contributed by atoms with van der Waals surface area (Å²) in [5.41, 5.74) is 2.79. The fourth-order valence-electron chi connectivity index (χ4n) is 3.19. The number of fused-ring (bicyclic) bond motifs is 1. The van der Waals surface area contributed by atoms with Gasteiger partial charge >= 0.3 is 0 Å². The lowest BCUT2D eigenvalue weighted by molar-refractivity contribution is -0.126. The van der Waals surface area contributed by atoms with Gasteiger partial charge in [0.05, 0.1) is 36.2 Å². The maximum absolute atomic E-state index is 13.0. The fourth-order valence-corrected chi connectivity index (χ4v) is 3.90. The second-order valence-corrected chi connectivity index (χ2v) is 7.11. The maximum Gasteiger partial charge on any atom is 0.247 e. The van der Waals surface area contributed by atoms with Crippen LogP contribution in [-0.2, 0) is 17.8 Å². The van der Waals surface area contributed by atoms with Crippen LogP contribution in [0.15, 0.2) is 24.4 Å². The molecule has 2 aromatic rings. The third-order valence-corrected chi connectivity index (χ3v) is 5.47. The van der Waals surface area contributed by atoms with Crippen molar-refractivity contribution < 1.29 is 18.7 Å². The van der Waals surface area contributed by atoms with Crippen LogP contribution in [0, 0.1) is 5.82 Å². The molecule has 0 bridgehead atoms. The summed E-state index contributed by atoms with van der Waals surface area (Å²) in [5, 5.41) is 0.838. The molecule has 0 fully saturated rings. The van der Waals surface area contributed by atoms with E-state index < -0.39 is 5.82 Å². The Balaban J connectivity index is 1.88. The SMILES string of the molecule is COc1c(Cl)c2c(c(Cl)c1OC)CN(C(=O)C=C(C)c1ccc(F)cn1)CC2. The van der Waals surface area contributed by atoms with Gasteiger partial charge in [-0.05, 0) is 42.2 Å². The van der Waals surface area contributed by atoms with Gasteiger partial charge in [0.2, 0.25) is 5.91 Å². The fraction of sp³-hybridized carbons (Fsp3) is 0.300. The van der Waals surface area contributed by atoms with E-state index in [0.29, 0.717) is 52.3 Å². The Morgan fingerprint density at radius 3 is 2.39 bits per heavy atom. The molecule has 0 atom stereocenters. The number of amides is 1. The van der Waals surface area contributed by atoms with Gasteiger partial charge in [-0.1, -0.05) is 23.2 Å². The van der Waals surface area contributed by atoms with E-state index in [2.05, 4.69) is 4.98 Å². The minimum Gasteiger partial charge on any atom is -0.491 e. The topological polar surface area (TPSA) is 51.7 Å². The van der Waals surface area contributed by atoms with Crippen LogP contribution in [0.4, 0.5) is 4.39 Å². The Bertz CT molecular complexity index is 946. The van der Waals surface area contributed by atoms with Gasteiger partial charge in [0.25, 0.3) is 0 Å². The van der Waals surface area contributed by atoms with Crippen molar-refractivity contribution in [2.24, 2.45) is 0 Å². The third kappa shape index (κ3) is 3.80. The second-order valence-electron chi connectivity index (χ2n) is 6.35. The highest BCUT2D eigenvalue weighted by molar-refractivity contribution is 6.37. The number of pyridine rings is 1. The molecule has 0 saturated heterocycles. The molecule has 8 heteroatoms. The first-order valence-corrected chi connectivity index (χ1v) is 9.32. The first kappa shape index (κ1) is 20.4. The Labute approximate surface area is 172 Å². The molecule has 1 aromatic heterocycles. The van der Waals surface area contributed by atoms with Gasteiger partial charge in [-0.2, -0.15) is 0 Å². The minimum absolute atomic E-state index is 0.184. The smallest absolute Gasteiger partial charge is 0.247 e. The summed E-state index contributed by atoms with van der Waals surface area (Å²) in [6, 6.07) is 2.84. The Hall–Kier alpha value is -2.31. The van der Waals surface area contributed by atoms with E-state index in [1.807, 2.05) is 0 Å². The number of benzene rings is 1. The van der Waals surface area contributed by atoms with Crippen LogP contribution in [0.5, 0.6) is 11.5 Å². The van der Waals surface area contributed by atoms with Crippen LogP contribution in [-0.4, -0.2) is 36.6 Å². The molecule has 1 aliphatic heterocycles. The quantitative estimate of drug-likeness (QED) is 0.676. The van der Waals surface area contributed by atoms with Gasteiger partial charge in [0, 0.05) is 19.2 Å². The number of ether oxygens (including phenoxy) is 2. The zero-order valence-corrected chi connectivity index (χ0v) is 17.2. The zero-order valence-electron chi connectivity index (χ0n) is 15.7. The normalized spacial score (nSPS) is 13.9. The predicted molar refractivity (Wildman–Crippen MR) is 107 cm³/mol. The summed E-state index contributed by atoms with van der Waals surface area (Å²) in [7, 11) is 2.99. The van der Waals surface area contributed by atoms with Crippen LogP contribution >= 0.6 is 23.2 Å². The largest absolute Gasteiger partial charge is 0.491 e. The second kappa shape index (κ2) is 8.37. The number of hydrogen-bond acceptors (Lipinski definition) is 4. The van der Waals surface area contributed by atoms with E-state index in [0.717, 1.165) is 17.3 Å². The molecular weight excluding hydrogens is 406 g/mol. The summed E-state index contributed by atoms with van der Waals surface area (Å²) in [6.45, 7) is 2.54. The van der Waals surface area contributed by atoms with Crippen molar-refractivity contribution in [1.82, 2.24) is 9.88 Å². The number of halogens is 3. The van der Waals surface area contributed by atoms with Crippen LogP contribution in [0.2, 0.25) is 10.0 Å². The van der Waals surface area contributed by atoms with E-state index in [4.69, 9.17) is 32.7 Å². The van der Waals surface area contributed by atoms with Gasteiger partial charge in [-0.3, -0.25) is 9.78 Å². The molecule has 0 saturated carbocycles. The van der Waals surface area contributed by atoms with Crippen molar-refractivity contribution in [3.8, 4) is 11.5 Å². The zero-order chi connectivity index (χ0) is 20.4. The summed E-state index contributed by atoms with van der Waals surface area (Å²) >= 11 is 13.0. The van der Waals surface area contributed by atoms with Gasteiger partial charge in [0.15, 0.2) is 11.5 Å². The lowest BCUT2D eigenvalue weighted by Crippen LogP contribution is -2.35. The summed E-state index contributed by atoms with van der Waals surface area (Å²) in [4.78, 5) is 18.4. The standard InChI is InChI=1S/C20H19Cl2FN2O3/c1-11(15-5-4-12(23)9-24-15)8-16(26)25-7-6-13-14(10-25)18(22)20(28-3)19(27-2)17(13)21/h4-5,8-9H,6-7,10H2,1-3H3. The monoisotopic (exact) mass is 424 g/mol. The Morgan fingerprint density at radius 2 is 1.82 bits per heavy atom. The molecule has 148 valence electrons. The minimum atomic E-state index is -0.425. The highest BCUT2D eigenvalue weighted by Gasteiger charge is 2.29. The van der Waals surface area contributed by atoms with Crippen molar-refractivity contribution in [3.05, 3.63) is 57.1 Å². The van der Waals surface area contributed by atoms with Gasteiger partial charge in [-0.15, -0.1) is 0 Å². The number of nitrogens with zero attached hydrogens (tertiary/aromatic N) is 2. The molecule has 0 unspecified atom stereocenters. The highest BCUT2D eigenvalue weighted by atomic mass is 35.5. The molecule has 3 rings (SSSR count). The maximum atomic E-state index is 13.0. The molecule has 0 aliphatic carbocycles. The lowest BCUT2D eigenvalue weighted by atomic mass is 9.98. The van der Waals surface area contributed by atoms with Gasteiger partial charge < -0.3 is 14.4 Å². The predicted octanol–water partition coefficient (Wildman–Crippen LogP) is 4.53. The van der Waals surface area contributed by atoms with Gasteiger partial charge in [0.1, 0.15) is 5.82 Å². The summed E-state index contributed by atoms with van der Waals surface area (Å²) in [6.07, 6.45) is 3.15. The number of carbonyl (C=O) groups is 1. The van der Waals surface area contributed by atoms with E-state index in [9.17, 15) is 9.18 Å². The molecular formula is C20H19Cl2FN2O3. The average Bonchev–Trinajstić information content (AvgIpc) is 2.70. The molecule has 1 amide bonds. The van der Waals surface area contributed by atoms with Crippen LogP contribution < -0.4 is 9.47 Å².